The highest BCUT2D eigenvalue weighted by Crippen LogP contribution is 2.37. The van der Waals surface area contributed by atoms with Crippen LogP contribution in [-0.4, -0.2) is 41.6 Å². The predicted molar refractivity (Wildman–Crippen MR) is 166 cm³/mol. The maximum absolute atomic E-state index is 13.8. The van der Waals surface area contributed by atoms with Crippen LogP contribution < -0.4 is 19.7 Å². The summed E-state index contributed by atoms with van der Waals surface area (Å²) in [7, 11) is 3.21. The predicted octanol–water partition coefficient (Wildman–Crippen LogP) is 6.67. The molecule has 0 spiro atoms. The van der Waals surface area contributed by atoms with Crippen LogP contribution in [0.1, 0.15) is 11.1 Å². The number of H-pyrrole nitrogens is 1. The SMILES string of the molecule is COc1cc2ncnc(Nc3ccc4c(c3)CCN4C(=O)Cc3c(-c4ccccc4)[nH]c4ccccc34)c2cc1OC. The second kappa shape index (κ2) is 10.6. The number of para-hydroxylation sites is 1. The van der Waals surface area contributed by atoms with Crippen molar-refractivity contribution in [2.45, 2.75) is 12.8 Å². The smallest absolute Gasteiger partial charge is 0.231 e. The molecule has 0 saturated carbocycles. The van der Waals surface area contributed by atoms with Gasteiger partial charge in [0.05, 0.1) is 31.9 Å². The summed E-state index contributed by atoms with van der Waals surface area (Å²) in [5, 5.41) is 5.34. The highest BCUT2D eigenvalue weighted by molar-refractivity contribution is 6.02. The van der Waals surface area contributed by atoms with E-state index in [1.165, 1.54) is 6.33 Å². The van der Waals surface area contributed by atoms with E-state index in [2.05, 4.69) is 50.6 Å². The van der Waals surface area contributed by atoms with Crippen molar-refractivity contribution in [2.24, 2.45) is 0 Å². The number of benzene rings is 4. The van der Waals surface area contributed by atoms with Gasteiger partial charge in [-0.05, 0) is 53.4 Å². The van der Waals surface area contributed by atoms with Gasteiger partial charge in [-0.2, -0.15) is 0 Å². The number of fused-ring (bicyclic) bond motifs is 3. The molecule has 0 atom stereocenters. The van der Waals surface area contributed by atoms with E-state index in [-0.39, 0.29) is 5.91 Å². The Bertz CT molecular complexity index is 1950. The Balaban J connectivity index is 1.16. The molecule has 4 aromatic carbocycles. The molecule has 7 rings (SSSR count). The van der Waals surface area contributed by atoms with E-state index in [1.807, 2.05) is 59.5 Å². The van der Waals surface area contributed by atoms with Crippen LogP contribution in [0.4, 0.5) is 17.2 Å². The van der Waals surface area contributed by atoms with Crippen LogP contribution in [0, 0.1) is 0 Å². The maximum atomic E-state index is 13.8. The number of methoxy groups -OCH3 is 2. The fraction of sp³-hybridized carbons (Fsp3) is 0.147. The van der Waals surface area contributed by atoms with Crippen LogP contribution >= 0.6 is 0 Å². The summed E-state index contributed by atoms with van der Waals surface area (Å²) in [5.74, 6) is 1.97. The lowest BCUT2D eigenvalue weighted by Gasteiger charge is -2.18. The molecule has 0 unspecified atom stereocenters. The van der Waals surface area contributed by atoms with Gasteiger partial charge in [-0.15, -0.1) is 0 Å². The molecule has 1 aliphatic rings. The lowest BCUT2D eigenvalue weighted by atomic mass is 10.0. The highest BCUT2D eigenvalue weighted by atomic mass is 16.5. The number of rotatable bonds is 7. The largest absolute Gasteiger partial charge is 0.493 e. The second-order valence-electron chi connectivity index (χ2n) is 10.3. The van der Waals surface area contributed by atoms with Crippen molar-refractivity contribution in [1.29, 1.82) is 0 Å². The Morgan fingerprint density at radius 1 is 0.905 bits per heavy atom. The van der Waals surface area contributed by atoms with Crippen LogP contribution in [0.25, 0.3) is 33.1 Å². The Labute approximate surface area is 242 Å². The standard InChI is InChI=1S/C34H29N5O3/c1-41-30-17-26-28(19-31(30)42-2)35-20-36-34(26)37-23-12-13-29-22(16-23)14-15-39(29)32(40)18-25-24-10-6-7-11-27(24)38-33(25)21-8-4-3-5-9-21/h3-13,16-17,19-20,38H,14-15,18H2,1-2H3,(H,35,36,37). The van der Waals surface area contributed by atoms with Gasteiger partial charge >= 0.3 is 0 Å². The molecule has 1 aliphatic heterocycles. The number of aromatic amines is 1. The van der Waals surface area contributed by atoms with Gasteiger partial charge in [0.15, 0.2) is 11.5 Å². The normalized spacial score (nSPS) is 12.5. The first-order valence-electron chi connectivity index (χ1n) is 13.8. The Morgan fingerprint density at radius 2 is 1.69 bits per heavy atom. The summed E-state index contributed by atoms with van der Waals surface area (Å²) in [6.45, 7) is 0.647. The fourth-order valence-corrected chi connectivity index (χ4v) is 5.84. The van der Waals surface area contributed by atoms with Crippen molar-refractivity contribution in [3.8, 4) is 22.8 Å². The molecule has 1 amide bonds. The van der Waals surface area contributed by atoms with E-state index in [9.17, 15) is 4.79 Å². The van der Waals surface area contributed by atoms with Crippen molar-refractivity contribution in [2.75, 3.05) is 31.0 Å². The molecule has 0 radical (unpaired) electrons. The van der Waals surface area contributed by atoms with E-state index >= 15 is 0 Å². The van der Waals surface area contributed by atoms with E-state index in [0.717, 1.165) is 62.0 Å². The lowest BCUT2D eigenvalue weighted by molar-refractivity contribution is -0.117. The Kier molecular flexibility index (Phi) is 6.43. The molecular weight excluding hydrogens is 526 g/mol. The average Bonchev–Trinajstić information content (AvgIpc) is 3.62. The Hall–Kier alpha value is -5.37. The van der Waals surface area contributed by atoms with Crippen molar-refractivity contribution in [3.05, 3.63) is 102 Å². The molecular formula is C34H29N5O3. The van der Waals surface area contributed by atoms with Crippen molar-refractivity contribution in [1.82, 2.24) is 15.0 Å². The third kappa shape index (κ3) is 4.47. The first-order valence-corrected chi connectivity index (χ1v) is 13.8. The molecule has 0 aliphatic carbocycles. The van der Waals surface area contributed by atoms with Gasteiger partial charge in [0.2, 0.25) is 5.91 Å². The van der Waals surface area contributed by atoms with E-state index < -0.39 is 0 Å². The van der Waals surface area contributed by atoms with Crippen LogP contribution in [0.5, 0.6) is 11.5 Å². The van der Waals surface area contributed by atoms with Gasteiger partial charge < -0.3 is 24.7 Å². The molecule has 2 N–H and O–H groups in total. The number of nitrogens with zero attached hydrogens (tertiary/aromatic N) is 3. The highest BCUT2D eigenvalue weighted by Gasteiger charge is 2.27. The van der Waals surface area contributed by atoms with Gasteiger partial charge in [-0.25, -0.2) is 9.97 Å². The number of hydrogen-bond donors (Lipinski definition) is 2. The molecule has 0 saturated heterocycles. The molecule has 42 heavy (non-hydrogen) atoms. The summed E-state index contributed by atoms with van der Waals surface area (Å²) < 4.78 is 10.9. The lowest BCUT2D eigenvalue weighted by Crippen LogP contribution is -2.30. The van der Waals surface area contributed by atoms with Crippen LogP contribution in [0.3, 0.4) is 0 Å². The van der Waals surface area contributed by atoms with E-state index in [4.69, 9.17) is 9.47 Å². The first kappa shape index (κ1) is 25.6. The minimum absolute atomic E-state index is 0.0826. The van der Waals surface area contributed by atoms with Crippen LogP contribution in [0.15, 0.2) is 91.3 Å². The van der Waals surface area contributed by atoms with Crippen molar-refractivity contribution < 1.29 is 14.3 Å². The first-order chi connectivity index (χ1) is 20.6. The third-order valence-electron chi connectivity index (χ3n) is 7.88. The Morgan fingerprint density at radius 3 is 2.52 bits per heavy atom. The quantitative estimate of drug-likeness (QED) is 0.229. The zero-order valence-corrected chi connectivity index (χ0v) is 23.3. The summed E-state index contributed by atoms with van der Waals surface area (Å²) in [4.78, 5) is 28.1. The minimum atomic E-state index is 0.0826. The van der Waals surface area contributed by atoms with Gasteiger partial charge in [0.1, 0.15) is 12.1 Å². The molecule has 3 heterocycles. The molecule has 8 heteroatoms. The number of hydrogen-bond acceptors (Lipinski definition) is 6. The maximum Gasteiger partial charge on any atom is 0.231 e. The molecule has 0 bridgehead atoms. The van der Waals surface area contributed by atoms with Crippen molar-refractivity contribution >= 4 is 44.9 Å². The number of ether oxygens (including phenoxy) is 2. The van der Waals surface area contributed by atoms with E-state index in [0.29, 0.717) is 30.3 Å². The van der Waals surface area contributed by atoms with Crippen LogP contribution in [0.2, 0.25) is 0 Å². The zero-order chi connectivity index (χ0) is 28.6. The van der Waals surface area contributed by atoms with Crippen LogP contribution in [-0.2, 0) is 17.6 Å². The zero-order valence-electron chi connectivity index (χ0n) is 23.3. The number of aromatic nitrogens is 3. The second-order valence-corrected chi connectivity index (χ2v) is 10.3. The summed E-state index contributed by atoms with van der Waals surface area (Å²) in [6, 6.07) is 28.2. The van der Waals surface area contributed by atoms with Gasteiger partial charge in [-0.3, -0.25) is 4.79 Å². The summed E-state index contributed by atoms with van der Waals surface area (Å²) in [6.07, 6.45) is 2.62. The minimum Gasteiger partial charge on any atom is -0.493 e. The number of carbonyl (C=O) groups excluding carboxylic acids is 1. The topological polar surface area (TPSA) is 92.4 Å². The molecule has 208 valence electrons. The number of carbonyl (C=O) groups is 1. The summed E-state index contributed by atoms with van der Waals surface area (Å²) in [5.41, 5.74) is 7.83. The van der Waals surface area contributed by atoms with Gasteiger partial charge in [0.25, 0.3) is 0 Å². The number of nitrogens with one attached hydrogen (secondary N) is 2. The molecule has 2 aromatic heterocycles. The number of anilines is 3. The fourth-order valence-electron chi connectivity index (χ4n) is 5.84. The van der Waals surface area contributed by atoms with Gasteiger partial charge in [0, 0.05) is 40.3 Å². The summed E-state index contributed by atoms with van der Waals surface area (Å²) >= 11 is 0. The third-order valence-corrected chi connectivity index (χ3v) is 7.88. The average molecular weight is 556 g/mol. The molecule has 6 aromatic rings. The van der Waals surface area contributed by atoms with Gasteiger partial charge in [-0.1, -0.05) is 48.5 Å². The molecule has 0 fully saturated rings. The van der Waals surface area contributed by atoms with E-state index in [1.54, 1.807) is 14.2 Å². The number of amides is 1. The molecule has 8 nitrogen and oxygen atoms in total. The monoisotopic (exact) mass is 555 g/mol. The van der Waals surface area contributed by atoms with Crippen molar-refractivity contribution in [3.63, 3.8) is 0 Å².